The van der Waals surface area contributed by atoms with Crippen molar-refractivity contribution in [1.29, 1.82) is 0 Å². The second-order valence-corrected chi connectivity index (χ2v) is 4.56. The van der Waals surface area contributed by atoms with Crippen LogP contribution in [-0.2, 0) is 0 Å². The van der Waals surface area contributed by atoms with Crippen LogP contribution >= 0.6 is 0 Å². The van der Waals surface area contributed by atoms with E-state index in [4.69, 9.17) is 10.2 Å². The molecule has 0 unspecified atom stereocenters. The number of hydrogen-bond donors (Lipinski definition) is 2. The number of carbonyl (C=O) groups is 1. The zero-order valence-electron chi connectivity index (χ0n) is 10.2. The molecule has 0 bridgehead atoms. The Bertz CT molecular complexity index is 418. The molecule has 5 heteroatoms. The Morgan fingerprint density at radius 2 is 2.28 bits per heavy atom. The second-order valence-electron chi connectivity index (χ2n) is 4.56. The molecule has 0 amide bonds. The molecular formula is C13H18N2O3. The minimum Gasteiger partial charge on any atom is -0.477 e. The van der Waals surface area contributed by atoms with Crippen molar-refractivity contribution in [2.75, 3.05) is 18.1 Å². The molecule has 0 atom stereocenters. The molecule has 1 saturated carbocycles. The molecule has 0 spiro atoms. The maximum Gasteiger partial charge on any atom is 0.354 e. The quantitative estimate of drug-likeness (QED) is 0.800. The van der Waals surface area contributed by atoms with Gasteiger partial charge in [-0.15, -0.1) is 0 Å². The third kappa shape index (κ3) is 2.79. The van der Waals surface area contributed by atoms with E-state index in [1.54, 1.807) is 6.07 Å². The minimum absolute atomic E-state index is 0.0702. The summed E-state index contributed by atoms with van der Waals surface area (Å²) in [4.78, 5) is 16.9. The molecule has 1 aromatic heterocycles. The molecule has 5 nitrogen and oxygen atoms in total. The summed E-state index contributed by atoms with van der Waals surface area (Å²) in [7, 11) is 0. The van der Waals surface area contributed by atoms with Crippen LogP contribution in [-0.4, -0.2) is 40.4 Å². The topological polar surface area (TPSA) is 73.7 Å². The van der Waals surface area contributed by atoms with E-state index in [0.717, 1.165) is 25.1 Å². The van der Waals surface area contributed by atoms with E-state index in [2.05, 4.69) is 9.88 Å². The Morgan fingerprint density at radius 3 is 2.83 bits per heavy atom. The highest BCUT2D eigenvalue weighted by Gasteiger charge is 2.25. The number of aliphatic hydroxyl groups excluding tert-OH is 1. The first-order valence-electron chi connectivity index (χ1n) is 6.29. The van der Waals surface area contributed by atoms with E-state index in [0.29, 0.717) is 12.5 Å². The molecule has 0 aromatic carbocycles. The Labute approximate surface area is 106 Å². The van der Waals surface area contributed by atoms with Crippen molar-refractivity contribution in [3.8, 4) is 0 Å². The van der Waals surface area contributed by atoms with Gasteiger partial charge in [-0.25, -0.2) is 9.78 Å². The van der Waals surface area contributed by atoms with Gasteiger partial charge in [0.25, 0.3) is 0 Å². The predicted molar refractivity (Wildman–Crippen MR) is 67.9 cm³/mol. The Morgan fingerprint density at radius 1 is 1.50 bits per heavy atom. The van der Waals surface area contributed by atoms with Gasteiger partial charge in [0.2, 0.25) is 0 Å². The molecule has 18 heavy (non-hydrogen) atoms. The van der Waals surface area contributed by atoms with Crippen molar-refractivity contribution < 1.29 is 15.0 Å². The standard InChI is InChI=1S/C13H18N2O3/c16-8-2-7-15(10-3-1-4-10)11-5-6-14-12(9-11)13(17)18/h5-6,9-10,16H,1-4,7-8H2,(H,17,18). The zero-order valence-corrected chi connectivity index (χ0v) is 10.2. The second kappa shape index (κ2) is 5.82. The first-order valence-corrected chi connectivity index (χ1v) is 6.29. The normalized spacial score (nSPS) is 15.2. The van der Waals surface area contributed by atoms with Gasteiger partial charge < -0.3 is 15.1 Å². The maximum atomic E-state index is 10.9. The lowest BCUT2D eigenvalue weighted by Gasteiger charge is -2.39. The van der Waals surface area contributed by atoms with Gasteiger partial charge in [0.1, 0.15) is 5.69 Å². The summed E-state index contributed by atoms with van der Waals surface area (Å²) in [6.07, 6.45) is 5.72. The number of anilines is 1. The number of pyridine rings is 1. The van der Waals surface area contributed by atoms with Crippen molar-refractivity contribution in [1.82, 2.24) is 4.98 Å². The van der Waals surface area contributed by atoms with Crippen molar-refractivity contribution >= 4 is 11.7 Å². The van der Waals surface area contributed by atoms with Gasteiger partial charge in [-0.05, 0) is 37.8 Å². The largest absolute Gasteiger partial charge is 0.477 e. The van der Waals surface area contributed by atoms with Crippen LogP contribution in [0.5, 0.6) is 0 Å². The molecule has 2 rings (SSSR count). The van der Waals surface area contributed by atoms with Gasteiger partial charge >= 0.3 is 5.97 Å². The van der Waals surface area contributed by atoms with Crippen LogP contribution in [0.15, 0.2) is 18.3 Å². The maximum absolute atomic E-state index is 10.9. The van der Waals surface area contributed by atoms with Crippen LogP contribution in [0.4, 0.5) is 5.69 Å². The molecule has 1 aliphatic carbocycles. The average molecular weight is 250 g/mol. The summed E-state index contributed by atoms with van der Waals surface area (Å²) < 4.78 is 0. The molecule has 0 radical (unpaired) electrons. The van der Waals surface area contributed by atoms with Gasteiger partial charge in [-0.2, -0.15) is 0 Å². The van der Waals surface area contributed by atoms with Crippen LogP contribution in [0.25, 0.3) is 0 Å². The number of aromatic nitrogens is 1. The van der Waals surface area contributed by atoms with E-state index >= 15 is 0 Å². The number of hydrogen-bond acceptors (Lipinski definition) is 4. The summed E-state index contributed by atoms with van der Waals surface area (Å²) in [6.45, 7) is 0.907. The van der Waals surface area contributed by atoms with Crippen LogP contribution in [0.1, 0.15) is 36.2 Å². The van der Waals surface area contributed by atoms with E-state index in [1.807, 2.05) is 6.07 Å². The lowest BCUT2D eigenvalue weighted by molar-refractivity contribution is 0.0690. The van der Waals surface area contributed by atoms with Gasteiger partial charge in [0.15, 0.2) is 0 Å². The molecule has 1 fully saturated rings. The third-order valence-corrected chi connectivity index (χ3v) is 3.37. The highest BCUT2D eigenvalue weighted by atomic mass is 16.4. The molecule has 1 aromatic rings. The van der Waals surface area contributed by atoms with E-state index in [-0.39, 0.29) is 12.3 Å². The van der Waals surface area contributed by atoms with Gasteiger partial charge in [0.05, 0.1) is 0 Å². The third-order valence-electron chi connectivity index (χ3n) is 3.37. The molecule has 0 saturated heterocycles. The Balaban J connectivity index is 2.17. The minimum atomic E-state index is -1.01. The van der Waals surface area contributed by atoms with Gasteiger partial charge in [0, 0.05) is 31.1 Å². The van der Waals surface area contributed by atoms with Crippen molar-refractivity contribution in [2.45, 2.75) is 31.7 Å². The smallest absolute Gasteiger partial charge is 0.354 e. The van der Waals surface area contributed by atoms with Crippen LogP contribution in [0.3, 0.4) is 0 Å². The summed E-state index contributed by atoms with van der Waals surface area (Å²) >= 11 is 0. The number of aliphatic hydroxyl groups is 1. The number of rotatable bonds is 6. The fourth-order valence-electron chi connectivity index (χ4n) is 2.18. The highest BCUT2D eigenvalue weighted by molar-refractivity contribution is 5.86. The lowest BCUT2D eigenvalue weighted by atomic mass is 9.91. The van der Waals surface area contributed by atoms with Gasteiger partial charge in [-0.3, -0.25) is 0 Å². The van der Waals surface area contributed by atoms with E-state index in [9.17, 15) is 4.79 Å². The molecular weight excluding hydrogens is 232 g/mol. The summed E-state index contributed by atoms with van der Waals surface area (Å²) in [5, 5.41) is 17.9. The first-order chi connectivity index (χ1) is 8.72. The Hall–Kier alpha value is -1.62. The molecule has 0 aliphatic heterocycles. The van der Waals surface area contributed by atoms with E-state index in [1.165, 1.54) is 12.6 Å². The first kappa shape index (κ1) is 12.8. The number of nitrogens with zero attached hydrogens (tertiary/aromatic N) is 2. The average Bonchev–Trinajstić information content (AvgIpc) is 2.32. The lowest BCUT2D eigenvalue weighted by Crippen LogP contribution is -2.41. The highest BCUT2D eigenvalue weighted by Crippen LogP contribution is 2.29. The van der Waals surface area contributed by atoms with Crippen LogP contribution < -0.4 is 4.90 Å². The molecule has 98 valence electrons. The molecule has 2 N–H and O–H groups in total. The summed E-state index contributed by atoms with van der Waals surface area (Å²) in [5.74, 6) is -1.01. The predicted octanol–water partition coefficient (Wildman–Crippen LogP) is 1.52. The fraction of sp³-hybridized carbons (Fsp3) is 0.538. The van der Waals surface area contributed by atoms with Crippen LogP contribution in [0, 0.1) is 0 Å². The summed E-state index contributed by atoms with van der Waals surface area (Å²) in [5.41, 5.74) is 0.960. The van der Waals surface area contributed by atoms with Crippen molar-refractivity contribution in [2.24, 2.45) is 0 Å². The SMILES string of the molecule is O=C(O)c1cc(N(CCCO)C2CCC2)ccn1. The van der Waals surface area contributed by atoms with Gasteiger partial charge in [-0.1, -0.05) is 0 Å². The van der Waals surface area contributed by atoms with Crippen molar-refractivity contribution in [3.63, 3.8) is 0 Å². The number of aromatic carboxylic acids is 1. The molecule has 1 aliphatic rings. The van der Waals surface area contributed by atoms with Crippen molar-refractivity contribution in [3.05, 3.63) is 24.0 Å². The monoisotopic (exact) mass is 250 g/mol. The Kier molecular flexibility index (Phi) is 4.15. The zero-order chi connectivity index (χ0) is 13.0. The van der Waals surface area contributed by atoms with E-state index < -0.39 is 5.97 Å². The summed E-state index contributed by atoms with van der Waals surface area (Å²) in [6, 6.07) is 3.92. The fourth-order valence-corrected chi connectivity index (χ4v) is 2.18. The van der Waals surface area contributed by atoms with Crippen LogP contribution in [0.2, 0.25) is 0 Å². The number of carboxylic acids is 1. The number of carboxylic acid groups (broad SMARTS) is 1. The molecule has 1 heterocycles.